The number of aromatic nitrogens is 3. The molecule has 0 aliphatic carbocycles. The second kappa shape index (κ2) is 8.37. The lowest BCUT2D eigenvalue weighted by Gasteiger charge is -2.08. The van der Waals surface area contributed by atoms with Crippen molar-refractivity contribution < 1.29 is 9.53 Å². The fourth-order valence-corrected chi connectivity index (χ4v) is 3.56. The molecule has 4 rings (SSSR count). The van der Waals surface area contributed by atoms with Gasteiger partial charge < -0.3 is 10.1 Å². The molecule has 0 aliphatic heterocycles. The summed E-state index contributed by atoms with van der Waals surface area (Å²) < 4.78 is 6.91. The van der Waals surface area contributed by atoms with E-state index in [1.54, 1.807) is 18.0 Å². The highest BCUT2D eigenvalue weighted by molar-refractivity contribution is 5.96. The maximum Gasteiger partial charge on any atom is 0.246 e. The number of hydrogen-bond acceptors (Lipinski definition) is 4. The number of aryl methyl sites for hydroxylation is 2. The van der Waals surface area contributed by atoms with Crippen LogP contribution >= 0.6 is 0 Å². The zero-order valence-corrected chi connectivity index (χ0v) is 17.3. The van der Waals surface area contributed by atoms with Gasteiger partial charge in [0.25, 0.3) is 0 Å². The van der Waals surface area contributed by atoms with Crippen LogP contribution in [0.1, 0.15) is 18.2 Å². The lowest BCUT2D eigenvalue weighted by atomic mass is 10.0. The molecule has 0 radical (unpaired) electrons. The summed E-state index contributed by atoms with van der Waals surface area (Å²) in [7, 11) is 1.65. The topological polar surface area (TPSA) is 69.0 Å². The van der Waals surface area contributed by atoms with Gasteiger partial charge in [-0.1, -0.05) is 31.2 Å². The lowest BCUT2D eigenvalue weighted by Crippen LogP contribution is -2.19. The van der Waals surface area contributed by atoms with E-state index in [4.69, 9.17) is 4.74 Å². The minimum absolute atomic E-state index is 0.0962. The molecule has 152 valence electrons. The summed E-state index contributed by atoms with van der Waals surface area (Å²) in [5.74, 6) is 0.667. The first-order valence-corrected chi connectivity index (χ1v) is 9.94. The van der Waals surface area contributed by atoms with Gasteiger partial charge in [0.05, 0.1) is 12.8 Å². The summed E-state index contributed by atoms with van der Waals surface area (Å²) in [6.07, 6.45) is 2.72. The van der Waals surface area contributed by atoms with E-state index in [-0.39, 0.29) is 12.5 Å². The first-order chi connectivity index (χ1) is 14.6. The molecule has 0 fully saturated rings. The quantitative estimate of drug-likeness (QED) is 0.513. The van der Waals surface area contributed by atoms with Gasteiger partial charge in [-0.15, -0.1) is 0 Å². The fourth-order valence-electron chi connectivity index (χ4n) is 3.56. The van der Waals surface area contributed by atoms with Gasteiger partial charge in [-0.3, -0.25) is 4.79 Å². The number of nitrogens with one attached hydrogen (secondary N) is 1. The van der Waals surface area contributed by atoms with E-state index < -0.39 is 0 Å². The molecule has 1 N–H and O–H groups in total. The number of amides is 1. The number of benzene rings is 2. The molecule has 2 heterocycles. The van der Waals surface area contributed by atoms with E-state index in [1.165, 1.54) is 5.56 Å². The highest BCUT2D eigenvalue weighted by Gasteiger charge is 2.16. The molecule has 6 nitrogen and oxygen atoms in total. The number of hydrogen-bond donors (Lipinski definition) is 1. The summed E-state index contributed by atoms with van der Waals surface area (Å²) in [6, 6.07) is 17.7. The van der Waals surface area contributed by atoms with Crippen LogP contribution in [0.15, 0.2) is 60.8 Å². The minimum atomic E-state index is -0.139. The molecule has 4 aromatic rings. The molecular weight excluding hydrogens is 376 g/mol. The smallest absolute Gasteiger partial charge is 0.246 e. The SMILES string of the molecule is CCc1ccc(NC(=O)Cn2nc(C)c3c(-c4ccc(OC)cc4)ccnc32)cc1. The number of carbonyl (C=O) groups excluding carboxylic acids is 1. The minimum Gasteiger partial charge on any atom is -0.497 e. The Balaban J connectivity index is 1.61. The Labute approximate surface area is 175 Å². The van der Waals surface area contributed by atoms with Crippen LogP contribution in [0.3, 0.4) is 0 Å². The van der Waals surface area contributed by atoms with Gasteiger partial charge in [-0.25, -0.2) is 9.67 Å². The number of pyridine rings is 1. The number of nitrogens with zero attached hydrogens (tertiary/aromatic N) is 3. The number of carbonyl (C=O) groups is 1. The third kappa shape index (κ3) is 3.89. The van der Waals surface area contributed by atoms with Crippen LogP contribution in [-0.2, 0) is 17.8 Å². The Morgan fingerprint density at radius 1 is 1.07 bits per heavy atom. The van der Waals surface area contributed by atoms with Crippen molar-refractivity contribution in [3.05, 3.63) is 72.1 Å². The van der Waals surface area contributed by atoms with Crippen molar-refractivity contribution in [3.8, 4) is 16.9 Å². The van der Waals surface area contributed by atoms with Crippen molar-refractivity contribution in [2.24, 2.45) is 0 Å². The number of methoxy groups -OCH3 is 1. The largest absolute Gasteiger partial charge is 0.497 e. The van der Waals surface area contributed by atoms with Crippen LogP contribution in [0.25, 0.3) is 22.2 Å². The fraction of sp³-hybridized carbons (Fsp3) is 0.208. The lowest BCUT2D eigenvalue weighted by molar-refractivity contribution is -0.116. The van der Waals surface area contributed by atoms with E-state index in [1.807, 2.05) is 61.5 Å². The van der Waals surface area contributed by atoms with E-state index in [0.29, 0.717) is 5.65 Å². The van der Waals surface area contributed by atoms with Gasteiger partial charge in [-0.05, 0) is 60.4 Å². The molecular formula is C24H24N4O2. The Hall–Kier alpha value is -3.67. The van der Waals surface area contributed by atoms with E-state index in [0.717, 1.165) is 40.1 Å². The first-order valence-electron chi connectivity index (χ1n) is 9.94. The van der Waals surface area contributed by atoms with Gasteiger partial charge in [0.2, 0.25) is 5.91 Å². The van der Waals surface area contributed by atoms with Crippen LogP contribution in [0.4, 0.5) is 5.69 Å². The van der Waals surface area contributed by atoms with Crippen molar-refractivity contribution in [2.75, 3.05) is 12.4 Å². The van der Waals surface area contributed by atoms with Crippen LogP contribution in [0.5, 0.6) is 5.75 Å². The Morgan fingerprint density at radius 3 is 2.47 bits per heavy atom. The first kappa shape index (κ1) is 19.6. The van der Waals surface area contributed by atoms with E-state index >= 15 is 0 Å². The second-order valence-corrected chi connectivity index (χ2v) is 7.13. The van der Waals surface area contributed by atoms with Crippen LogP contribution in [-0.4, -0.2) is 27.8 Å². The molecule has 2 aromatic carbocycles. The number of ether oxygens (including phenoxy) is 1. The summed E-state index contributed by atoms with van der Waals surface area (Å²) >= 11 is 0. The van der Waals surface area contributed by atoms with Crippen molar-refractivity contribution in [3.63, 3.8) is 0 Å². The molecule has 0 bridgehead atoms. The molecule has 6 heteroatoms. The Bertz CT molecular complexity index is 1180. The Kier molecular flexibility index (Phi) is 5.48. The molecule has 2 aromatic heterocycles. The van der Waals surface area contributed by atoms with Gasteiger partial charge in [0, 0.05) is 17.3 Å². The zero-order valence-electron chi connectivity index (χ0n) is 17.3. The third-order valence-electron chi connectivity index (χ3n) is 5.15. The molecule has 30 heavy (non-hydrogen) atoms. The molecule has 0 atom stereocenters. The summed E-state index contributed by atoms with van der Waals surface area (Å²) in [4.78, 5) is 17.1. The summed E-state index contributed by atoms with van der Waals surface area (Å²) in [6.45, 7) is 4.14. The second-order valence-electron chi connectivity index (χ2n) is 7.13. The normalized spacial score (nSPS) is 10.9. The van der Waals surface area contributed by atoms with Crippen LogP contribution in [0.2, 0.25) is 0 Å². The zero-order chi connectivity index (χ0) is 21.1. The van der Waals surface area contributed by atoms with Gasteiger partial charge in [0.15, 0.2) is 5.65 Å². The molecule has 1 amide bonds. The highest BCUT2D eigenvalue weighted by Crippen LogP contribution is 2.30. The van der Waals surface area contributed by atoms with Gasteiger partial charge >= 0.3 is 0 Å². The molecule has 0 spiro atoms. The number of rotatable bonds is 6. The maximum atomic E-state index is 12.6. The molecule has 0 aliphatic rings. The highest BCUT2D eigenvalue weighted by atomic mass is 16.5. The van der Waals surface area contributed by atoms with E-state index in [2.05, 4.69) is 22.3 Å². The number of anilines is 1. The monoisotopic (exact) mass is 400 g/mol. The van der Waals surface area contributed by atoms with Crippen molar-refractivity contribution >= 4 is 22.6 Å². The van der Waals surface area contributed by atoms with Gasteiger partial charge in [-0.2, -0.15) is 5.10 Å². The molecule has 0 unspecified atom stereocenters. The standard InChI is InChI=1S/C24H24N4O2/c1-4-17-5-9-19(10-6-17)26-22(29)15-28-24-23(16(2)27-28)21(13-14-25-24)18-7-11-20(30-3)12-8-18/h5-14H,4,15H2,1-3H3,(H,26,29). The average Bonchev–Trinajstić information content (AvgIpc) is 3.09. The number of fused-ring (bicyclic) bond motifs is 1. The van der Waals surface area contributed by atoms with E-state index in [9.17, 15) is 4.79 Å². The maximum absolute atomic E-state index is 12.6. The Morgan fingerprint density at radius 2 is 1.80 bits per heavy atom. The van der Waals surface area contributed by atoms with Crippen molar-refractivity contribution in [2.45, 2.75) is 26.8 Å². The molecule has 0 saturated heterocycles. The van der Waals surface area contributed by atoms with Crippen molar-refractivity contribution in [1.29, 1.82) is 0 Å². The summed E-state index contributed by atoms with van der Waals surface area (Å²) in [5.41, 5.74) is 5.61. The predicted molar refractivity (Wildman–Crippen MR) is 119 cm³/mol. The average molecular weight is 400 g/mol. The third-order valence-corrected chi connectivity index (χ3v) is 5.15. The van der Waals surface area contributed by atoms with Crippen LogP contribution in [0, 0.1) is 6.92 Å². The molecule has 0 saturated carbocycles. The predicted octanol–water partition coefficient (Wildman–Crippen LogP) is 4.62. The van der Waals surface area contributed by atoms with Gasteiger partial charge in [0.1, 0.15) is 12.3 Å². The van der Waals surface area contributed by atoms with Crippen molar-refractivity contribution in [1.82, 2.24) is 14.8 Å². The van der Waals surface area contributed by atoms with Crippen LogP contribution < -0.4 is 10.1 Å². The summed E-state index contributed by atoms with van der Waals surface area (Å²) in [5, 5.41) is 8.47.